The van der Waals surface area contributed by atoms with Crippen LogP contribution in [-0.4, -0.2) is 61.7 Å². The average molecular weight is 414 g/mol. The number of carbonyl (C=O) groups excluding carboxylic acids is 1. The van der Waals surface area contributed by atoms with E-state index in [0.717, 1.165) is 15.9 Å². The van der Waals surface area contributed by atoms with E-state index >= 15 is 0 Å². The van der Waals surface area contributed by atoms with Gasteiger partial charge in [0.25, 0.3) is 0 Å². The largest absolute Gasteiger partial charge is 0.462 e. The van der Waals surface area contributed by atoms with Crippen LogP contribution in [0.1, 0.15) is 20.1 Å². The number of aliphatic hydroxyl groups is 2. The minimum atomic E-state index is -1.48. The molecule has 1 fully saturated rings. The number of hydrogen-bond acceptors (Lipinski definition) is 12. The molecule has 1 aliphatic rings. The van der Waals surface area contributed by atoms with Crippen LogP contribution in [0.5, 0.6) is 0 Å². The monoisotopic (exact) mass is 414 g/mol. The maximum Gasteiger partial charge on any atom is 0.323 e. The Labute approximate surface area is 162 Å². The quantitative estimate of drug-likeness (QED) is 0.344. The number of anilines is 2. The third-order valence-electron chi connectivity index (χ3n) is 4.48. The number of fused-ring (bicyclic) bond motifs is 1. The minimum absolute atomic E-state index is 0.0181. The Balaban J connectivity index is 1.84. The molecule has 0 amide bonds. The molecule has 0 saturated carbocycles. The van der Waals surface area contributed by atoms with Crippen LogP contribution in [0.3, 0.4) is 0 Å². The first kappa shape index (κ1) is 20.4. The zero-order valence-corrected chi connectivity index (χ0v) is 16.0. The lowest BCUT2D eigenvalue weighted by molar-refractivity contribution is -0.152. The summed E-state index contributed by atoms with van der Waals surface area (Å²) >= 11 is 0.758. The van der Waals surface area contributed by atoms with Crippen molar-refractivity contribution in [2.24, 2.45) is 11.7 Å². The summed E-state index contributed by atoms with van der Waals surface area (Å²) < 4.78 is 12.0. The Kier molecular flexibility index (Phi) is 5.54. The highest BCUT2D eigenvalue weighted by Gasteiger charge is 2.46. The normalized spacial score (nSPS) is 26.1. The number of nitrogens with zero attached hydrogens (tertiary/aromatic N) is 3. The molecule has 154 valence electrons. The molecule has 2 aromatic rings. The maximum atomic E-state index is 12.4. The molecule has 0 spiro atoms. The zero-order valence-electron chi connectivity index (χ0n) is 15.2. The molecule has 0 aliphatic carbocycles. The topological polar surface area (TPSA) is 202 Å². The van der Waals surface area contributed by atoms with Gasteiger partial charge in [-0.1, -0.05) is 25.2 Å². The van der Waals surface area contributed by atoms with Crippen LogP contribution in [0.15, 0.2) is 4.79 Å². The highest BCUT2D eigenvalue weighted by Crippen LogP contribution is 2.33. The third kappa shape index (κ3) is 3.54. The van der Waals surface area contributed by atoms with Gasteiger partial charge in [-0.3, -0.25) is 14.2 Å². The van der Waals surface area contributed by atoms with Gasteiger partial charge < -0.3 is 36.9 Å². The molecule has 1 saturated heterocycles. The minimum Gasteiger partial charge on any atom is -0.462 e. The van der Waals surface area contributed by atoms with Crippen molar-refractivity contribution in [2.45, 2.75) is 44.4 Å². The van der Waals surface area contributed by atoms with Crippen LogP contribution in [0.4, 0.5) is 11.8 Å². The molecule has 3 heterocycles. The van der Waals surface area contributed by atoms with Gasteiger partial charge in [-0.15, -0.1) is 0 Å². The lowest BCUT2D eigenvalue weighted by Gasteiger charge is -2.18. The fraction of sp³-hybridized carbons (Fsp3) is 0.600. The van der Waals surface area contributed by atoms with E-state index in [9.17, 15) is 19.8 Å². The van der Waals surface area contributed by atoms with Crippen LogP contribution < -0.4 is 22.1 Å². The summed E-state index contributed by atoms with van der Waals surface area (Å²) in [6.45, 7) is 3.18. The van der Waals surface area contributed by atoms with Crippen LogP contribution >= 0.6 is 11.3 Å². The Bertz CT molecular complexity index is 945. The van der Waals surface area contributed by atoms with Gasteiger partial charge in [0.2, 0.25) is 5.95 Å². The number of carbonyl (C=O) groups is 1. The van der Waals surface area contributed by atoms with Gasteiger partial charge in [-0.25, -0.2) is 0 Å². The first-order chi connectivity index (χ1) is 13.1. The van der Waals surface area contributed by atoms with Crippen molar-refractivity contribution >= 4 is 39.4 Å². The Morgan fingerprint density at radius 2 is 2.00 bits per heavy atom. The number of aromatic nitrogens is 3. The van der Waals surface area contributed by atoms with E-state index in [4.69, 9.17) is 26.7 Å². The highest BCUT2D eigenvalue weighted by molar-refractivity contribution is 7.17. The van der Waals surface area contributed by atoms with Gasteiger partial charge in [-0.2, -0.15) is 9.97 Å². The van der Waals surface area contributed by atoms with Crippen molar-refractivity contribution in [3.05, 3.63) is 9.67 Å². The second kappa shape index (κ2) is 7.60. The first-order valence-corrected chi connectivity index (χ1v) is 9.31. The lowest BCUT2D eigenvalue weighted by atomic mass is 10.1. The van der Waals surface area contributed by atoms with E-state index in [2.05, 4.69) is 9.97 Å². The number of thiazole rings is 1. The summed E-state index contributed by atoms with van der Waals surface area (Å²) in [4.78, 5) is 31.6. The van der Waals surface area contributed by atoms with E-state index in [1.807, 2.05) is 0 Å². The summed E-state index contributed by atoms with van der Waals surface area (Å²) in [6.07, 6.45) is -5.23. The fourth-order valence-electron chi connectivity index (χ4n) is 2.79. The second-order valence-electron chi connectivity index (χ2n) is 6.80. The summed E-state index contributed by atoms with van der Waals surface area (Å²) in [6, 6.07) is -0.828. The third-order valence-corrected chi connectivity index (χ3v) is 5.44. The van der Waals surface area contributed by atoms with Crippen molar-refractivity contribution in [2.75, 3.05) is 18.1 Å². The maximum absolute atomic E-state index is 12.4. The number of rotatable bonds is 5. The van der Waals surface area contributed by atoms with Crippen molar-refractivity contribution in [1.29, 1.82) is 0 Å². The summed E-state index contributed by atoms with van der Waals surface area (Å²) in [7, 11) is 0. The van der Waals surface area contributed by atoms with Gasteiger partial charge in [0.1, 0.15) is 41.5 Å². The molecule has 1 unspecified atom stereocenters. The molecule has 0 aromatic carbocycles. The Morgan fingerprint density at radius 1 is 1.32 bits per heavy atom. The van der Waals surface area contributed by atoms with Crippen molar-refractivity contribution in [3.8, 4) is 0 Å². The Morgan fingerprint density at radius 3 is 2.64 bits per heavy atom. The van der Waals surface area contributed by atoms with E-state index in [1.54, 1.807) is 13.8 Å². The number of ether oxygens (including phenoxy) is 2. The molecule has 13 heteroatoms. The highest BCUT2D eigenvalue weighted by atomic mass is 32.1. The molecule has 1 aliphatic heterocycles. The first-order valence-electron chi connectivity index (χ1n) is 8.49. The SMILES string of the molecule is CC(C)[C@H](N)C(=O)OCC1O[C@@H](n2c(=O)sc3c(N)nc(N)nc32)[C@H](O)[C@@H]1O. The van der Waals surface area contributed by atoms with Crippen molar-refractivity contribution in [3.63, 3.8) is 0 Å². The molecule has 8 N–H and O–H groups in total. The van der Waals surface area contributed by atoms with Gasteiger partial charge in [0, 0.05) is 0 Å². The smallest absolute Gasteiger partial charge is 0.323 e. The number of hydrogen-bond donors (Lipinski definition) is 5. The van der Waals surface area contributed by atoms with E-state index in [0.29, 0.717) is 0 Å². The van der Waals surface area contributed by atoms with Crippen molar-refractivity contribution < 1.29 is 24.5 Å². The lowest BCUT2D eigenvalue weighted by Crippen LogP contribution is -2.40. The van der Waals surface area contributed by atoms with Crippen molar-refractivity contribution in [1.82, 2.24) is 14.5 Å². The van der Waals surface area contributed by atoms with E-state index < -0.39 is 41.4 Å². The molecule has 12 nitrogen and oxygen atoms in total. The van der Waals surface area contributed by atoms with Crippen LogP contribution in [0, 0.1) is 5.92 Å². The predicted molar refractivity (Wildman–Crippen MR) is 100 cm³/mol. The number of nitrogens with two attached hydrogens (primary N) is 3. The summed E-state index contributed by atoms with van der Waals surface area (Å²) in [5.74, 6) is -0.927. The molecular formula is C15H22N6O6S. The molecule has 3 rings (SSSR count). The zero-order chi connectivity index (χ0) is 20.7. The van der Waals surface area contributed by atoms with Crippen LogP contribution in [0.25, 0.3) is 10.3 Å². The number of esters is 1. The number of nitrogen functional groups attached to an aromatic ring is 2. The average Bonchev–Trinajstić information content (AvgIpc) is 3.09. The van der Waals surface area contributed by atoms with Crippen LogP contribution in [-0.2, 0) is 14.3 Å². The van der Waals surface area contributed by atoms with E-state index in [-0.39, 0.29) is 34.6 Å². The summed E-state index contributed by atoms with van der Waals surface area (Å²) in [5, 5.41) is 20.7. The van der Waals surface area contributed by atoms with Crippen LogP contribution in [0.2, 0.25) is 0 Å². The standard InChI is InChI=1S/C15H22N6O6S/c1-4(2)6(16)13(24)26-3-5-7(22)8(23)12(27-5)21-11-9(28-15(21)25)10(17)19-14(18)20-11/h4-8,12,22-23H,3,16H2,1-2H3,(H4,17,18,19,20)/t5?,6-,7+,8+,12+/m0/s1. The second-order valence-corrected chi connectivity index (χ2v) is 7.77. The summed E-state index contributed by atoms with van der Waals surface area (Å²) in [5.41, 5.74) is 17.1. The Hall–Kier alpha value is -2.32. The molecule has 2 aromatic heterocycles. The molecule has 0 radical (unpaired) electrons. The molecular weight excluding hydrogens is 392 g/mol. The predicted octanol–water partition coefficient (Wildman–Crippen LogP) is -1.84. The number of aliphatic hydroxyl groups excluding tert-OH is 2. The van der Waals surface area contributed by atoms with Gasteiger partial charge in [0.05, 0.1) is 0 Å². The molecule has 28 heavy (non-hydrogen) atoms. The van der Waals surface area contributed by atoms with Gasteiger partial charge >= 0.3 is 10.8 Å². The van der Waals surface area contributed by atoms with E-state index in [1.165, 1.54) is 0 Å². The van der Waals surface area contributed by atoms with Gasteiger partial charge in [-0.05, 0) is 5.92 Å². The fourth-order valence-corrected chi connectivity index (χ4v) is 3.64. The van der Waals surface area contributed by atoms with Gasteiger partial charge in [0.15, 0.2) is 11.9 Å². The molecule has 5 atom stereocenters. The molecule has 0 bridgehead atoms.